The number of hydrogen-bond acceptors (Lipinski definition) is 8. The van der Waals surface area contributed by atoms with Crippen LogP contribution in [0.5, 0.6) is 0 Å². The van der Waals surface area contributed by atoms with Gasteiger partial charge < -0.3 is 24.5 Å². The van der Waals surface area contributed by atoms with Gasteiger partial charge in [0.1, 0.15) is 18.4 Å². The molecule has 1 fully saturated rings. The third kappa shape index (κ3) is 6.22. The summed E-state index contributed by atoms with van der Waals surface area (Å²) < 4.78 is 86.0. The summed E-state index contributed by atoms with van der Waals surface area (Å²) in [5, 5.41) is 14.6. The van der Waals surface area contributed by atoms with E-state index >= 15 is 0 Å². The van der Waals surface area contributed by atoms with Crippen molar-refractivity contribution in [2.75, 3.05) is 37.0 Å². The normalized spacial score (nSPS) is 18.8. The van der Waals surface area contributed by atoms with Crippen molar-refractivity contribution in [2.24, 2.45) is 0 Å². The lowest BCUT2D eigenvalue weighted by molar-refractivity contribution is -0.139. The Morgan fingerprint density at radius 2 is 1.90 bits per heavy atom. The van der Waals surface area contributed by atoms with E-state index in [0.717, 1.165) is 10.8 Å². The fraction of sp³-hybridized carbons (Fsp3) is 0.385. The molecule has 2 N–H and O–H groups in total. The predicted molar refractivity (Wildman–Crippen MR) is 143 cm³/mol. The van der Waals surface area contributed by atoms with Crippen LogP contribution in [0.4, 0.5) is 28.9 Å². The van der Waals surface area contributed by atoms with Gasteiger partial charge in [0.15, 0.2) is 9.84 Å². The number of hydrogen-bond donors (Lipinski definition) is 2. The Morgan fingerprint density at radius 3 is 2.62 bits per heavy atom. The molecule has 1 saturated heterocycles. The number of anilines is 2. The number of aromatic nitrogens is 3. The molecule has 2 aromatic carbocycles. The number of fused-ring (bicyclic) bond motifs is 1. The number of benzene rings is 2. The minimum Gasteiger partial charge on any atom is -0.417 e. The van der Waals surface area contributed by atoms with Crippen molar-refractivity contribution in [3.63, 3.8) is 0 Å². The second-order valence-electron chi connectivity index (χ2n) is 9.94. The molecule has 40 heavy (non-hydrogen) atoms. The molecule has 0 unspecified atom stereocenters. The maximum atomic E-state index is 14.7. The van der Waals surface area contributed by atoms with Gasteiger partial charge >= 0.3 is 6.18 Å². The van der Waals surface area contributed by atoms with Crippen LogP contribution < -0.4 is 10.6 Å². The summed E-state index contributed by atoms with van der Waals surface area (Å²) >= 11 is 0. The average molecular weight is 581 g/mol. The van der Waals surface area contributed by atoms with Crippen molar-refractivity contribution >= 4 is 32.1 Å². The minimum atomic E-state index is -4.53. The van der Waals surface area contributed by atoms with E-state index in [4.69, 9.17) is 4.42 Å². The van der Waals surface area contributed by atoms with E-state index < -0.39 is 34.8 Å². The molecule has 0 aliphatic carbocycles. The number of likely N-dealkylation sites (tertiary alicyclic amines) is 1. The Kier molecular flexibility index (Phi) is 7.48. The lowest BCUT2D eigenvalue weighted by atomic mass is 10.0. The largest absolute Gasteiger partial charge is 0.417 e. The molecule has 14 heteroatoms. The fourth-order valence-corrected chi connectivity index (χ4v) is 5.47. The molecule has 5 rings (SSSR count). The van der Waals surface area contributed by atoms with Crippen molar-refractivity contribution in [3.8, 4) is 11.6 Å². The van der Waals surface area contributed by atoms with Crippen LogP contribution in [0.2, 0.25) is 0 Å². The quantitative estimate of drug-likeness (QED) is 0.289. The monoisotopic (exact) mass is 580 g/mol. The SMILES string of the molecule is CN1CC[C@H](Nc2cccc3c2cc(-c2nnc(CNc4cccc(S(C)(=O)=O)c4)o2)n3CC(F)(F)F)[C@H](F)C1. The summed E-state index contributed by atoms with van der Waals surface area (Å²) in [6.07, 6.45) is -4.01. The highest BCUT2D eigenvalue weighted by atomic mass is 32.2. The average Bonchev–Trinajstić information content (AvgIpc) is 3.48. The van der Waals surface area contributed by atoms with E-state index in [1.807, 2.05) is 11.9 Å². The lowest BCUT2D eigenvalue weighted by Gasteiger charge is -2.33. The molecule has 0 saturated carbocycles. The molecule has 9 nitrogen and oxygen atoms in total. The number of sulfone groups is 1. The minimum absolute atomic E-state index is 0.0144. The maximum Gasteiger partial charge on any atom is 0.406 e. The Bertz CT molecular complexity index is 1620. The molecule has 2 aromatic heterocycles. The smallest absolute Gasteiger partial charge is 0.406 e. The van der Waals surface area contributed by atoms with Crippen molar-refractivity contribution < 1.29 is 30.4 Å². The summed E-state index contributed by atoms with van der Waals surface area (Å²) in [6.45, 7) is -0.304. The van der Waals surface area contributed by atoms with Crippen LogP contribution in [0, 0.1) is 0 Å². The summed E-state index contributed by atoms with van der Waals surface area (Å²) in [5.74, 6) is -0.0238. The van der Waals surface area contributed by atoms with Crippen molar-refractivity contribution in [1.29, 1.82) is 0 Å². The maximum absolute atomic E-state index is 14.7. The lowest BCUT2D eigenvalue weighted by Crippen LogP contribution is -2.46. The van der Waals surface area contributed by atoms with Gasteiger partial charge in [-0.05, 0) is 49.9 Å². The first kappa shape index (κ1) is 27.9. The van der Waals surface area contributed by atoms with Crippen LogP contribution in [-0.2, 0) is 22.9 Å². The zero-order valence-corrected chi connectivity index (χ0v) is 22.6. The Morgan fingerprint density at radius 1 is 1.12 bits per heavy atom. The second-order valence-corrected chi connectivity index (χ2v) is 12.0. The molecule has 4 aromatic rings. The molecule has 1 aliphatic rings. The van der Waals surface area contributed by atoms with Crippen LogP contribution in [-0.4, -0.2) is 72.9 Å². The second kappa shape index (κ2) is 10.7. The number of rotatable bonds is 8. The van der Waals surface area contributed by atoms with Crippen LogP contribution in [0.1, 0.15) is 12.3 Å². The molecular weight excluding hydrogens is 552 g/mol. The van der Waals surface area contributed by atoms with Gasteiger partial charge in [-0.2, -0.15) is 13.2 Å². The molecule has 0 radical (unpaired) electrons. The topological polar surface area (TPSA) is 105 Å². The van der Waals surface area contributed by atoms with E-state index in [9.17, 15) is 26.0 Å². The summed E-state index contributed by atoms with van der Waals surface area (Å²) in [7, 11) is -1.56. The first-order valence-electron chi connectivity index (χ1n) is 12.5. The highest BCUT2D eigenvalue weighted by Crippen LogP contribution is 2.35. The highest BCUT2D eigenvalue weighted by molar-refractivity contribution is 7.90. The van der Waals surface area contributed by atoms with Crippen LogP contribution >= 0.6 is 0 Å². The van der Waals surface area contributed by atoms with Crippen molar-refractivity contribution in [2.45, 2.75) is 42.8 Å². The van der Waals surface area contributed by atoms with Crippen molar-refractivity contribution in [3.05, 3.63) is 54.4 Å². The molecule has 1 aliphatic heterocycles. The fourth-order valence-electron chi connectivity index (χ4n) is 4.80. The zero-order chi connectivity index (χ0) is 28.7. The van der Waals surface area contributed by atoms with Gasteiger partial charge in [0.25, 0.3) is 5.89 Å². The molecule has 3 heterocycles. The zero-order valence-electron chi connectivity index (χ0n) is 21.7. The van der Waals surface area contributed by atoms with Gasteiger partial charge in [-0.25, -0.2) is 12.8 Å². The Hall–Kier alpha value is -3.65. The first-order chi connectivity index (χ1) is 18.9. The molecular formula is C26H28F4N6O3S. The van der Waals surface area contributed by atoms with Gasteiger partial charge in [-0.1, -0.05) is 12.1 Å². The van der Waals surface area contributed by atoms with E-state index in [1.54, 1.807) is 30.3 Å². The van der Waals surface area contributed by atoms with E-state index in [0.29, 0.717) is 29.7 Å². The van der Waals surface area contributed by atoms with Gasteiger partial charge in [-0.15, -0.1) is 10.2 Å². The van der Waals surface area contributed by atoms with Gasteiger partial charge in [0.05, 0.1) is 23.0 Å². The molecule has 0 amide bonds. The summed E-state index contributed by atoms with van der Waals surface area (Å²) in [4.78, 5) is 2.02. The Balaban J connectivity index is 1.44. The van der Waals surface area contributed by atoms with Crippen LogP contribution in [0.3, 0.4) is 0 Å². The molecule has 0 spiro atoms. The molecule has 2 atom stereocenters. The third-order valence-electron chi connectivity index (χ3n) is 6.76. The number of halogens is 4. The van der Waals surface area contributed by atoms with E-state index in [1.165, 1.54) is 18.2 Å². The Labute approximate surface area is 228 Å². The van der Waals surface area contributed by atoms with Gasteiger partial charge in [0, 0.05) is 36.1 Å². The van der Waals surface area contributed by atoms with Gasteiger partial charge in [0.2, 0.25) is 5.89 Å². The summed E-state index contributed by atoms with van der Waals surface area (Å²) in [6, 6.07) is 12.1. The number of nitrogens with zero attached hydrogens (tertiary/aromatic N) is 4. The predicted octanol–water partition coefficient (Wildman–Crippen LogP) is 4.72. The number of nitrogens with one attached hydrogen (secondary N) is 2. The van der Waals surface area contributed by atoms with E-state index in [-0.39, 0.29) is 41.0 Å². The van der Waals surface area contributed by atoms with E-state index in [2.05, 4.69) is 20.8 Å². The number of piperidine rings is 1. The third-order valence-corrected chi connectivity index (χ3v) is 7.87. The highest BCUT2D eigenvalue weighted by Gasteiger charge is 2.32. The summed E-state index contributed by atoms with van der Waals surface area (Å²) in [5.41, 5.74) is 1.37. The molecule has 214 valence electrons. The van der Waals surface area contributed by atoms with Gasteiger partial charge in [-0.3, -0.25) is 0 Å². The van der Waals surface area contributed by atoms with Crippen LogP contribution in [0.25, 0.3) is 22.5 Å². The van der Waals surface area contributed by atoms with Crippen molar-refractivity contribution in [1.82, 2.24) is 19.7 Å². The number of alkyl halides is 4. The van der Waals surface area contributed by atoms with Crippen LogP contribution in [0.15, 0.2) is 57.8 Å². The molecule has 0 bridgehead atoms. The first-order valence-corrected chi connectivity index (χ1v) is 14.4. The standard InChI is InChI=1S/C26H28F4N6O3S/c1-35-10-9-21(19(27)14-35)32-20-7-4-8-22-18(20)12-23(36(22)15-26(28,29)30)25-34-33-24(39-25)13-31-16-5-3-6-17(11-16)40(2,37)38/h3-8,11-12,19,21,31-32H,9-10,13-15H2,1-2H3/t19-,21+/m1/s1.